The van der Waals surface area contributed by atoms with Gasteiger partial charge in [0.25, 0.3) is 0 Å². The summed E-state index contributed by atoms with van der Waals surface area (Å²) < 4.78 is 6.41. The van der Waals surface area contributed by atoms with Crippen LogP contribution in [0.25, 0.3) is 10.8 Å². The van der Waals surface area contributed by atoms with Gasteiger partial charge in [0.2, 0.25) is 0 Å². The second-order valence-electron chi connectivity index (χ2n) is 4.06. The minimum atomic E-state index is -0.911. The number of carboxylic acids is 1. The van der Waals surface area contributed by atoms with Gasteiger partial charge in [0.15, 0.2) is 6.10 Å². The number of halogens is 1. The molecular weight excluding hydrogens is 284 g/mol. The molecule has 4 heteroatoms. The lowest BCUT2D eigenvalue weighted by atomic mass is 10.0. The van der Waals surface area contributed by atoms with Gasteiger partial charge in [-0.2, -0.15) is 0 Å². The van der Waals surface area contributed by atoms with Crippen LogP contribution in [0.2, 0.25) is 0 Å². The molecule has 1 N–H and O–H groups in total. The first kappa shape index (κ1) is 10.6. The van der Waals surface area contributed by atoms with Gasteiger partial charge in [-0.3, -0.25) is 0 Å². The molecule has 0 spiro atoms. The minimum Gasteiger partial charge on any atom is -0.478 e. The molecule has 3 nitrogen and oxygen atoms in total. The number of aliphatic carboxylic acids is 1. The van der Waals surface area contributed by atoms with E-state index in [1.165, 1.54) is 0 Å². The number of benzene rings is 2. The van der Waals surface area contributed by atoms with Crippen LogP contribution in [0, 0.1) is 0 Å². The Morgan fingerprint density at radius 3 is 2.94 bits per heavy atom. The highest BCUT2D eigenvalue weighted by Gasteiger charge is 2.29. The summed E-state index contributed by atoms with van der Waals surface area (Å²) in [4.78, 5) is 10.9. The van der Waals surface area contributed by atoms with Crippen molar-refractivity contribution < 1.29 is 14.6 Å². The number of hydrogen-bond donors (Lipinski definition) is 1. The van der Waals surface area contributed by atoms with Gasteiger partial charge in [0.05, 0.1) is 0 Å². The maximum absolute atomic E-state index is 10.9. The fraction of sp³-hybridized carbons (Fsp3) is 0.154. The summed E-state index contributed by atoms with van der Waals surface area (Å²) in [5, 5.41) is 11.1. The number of ether oxygens (including phenoxy) is 1. The van der Waals surface area contributed by atoms with E-state index in [1.54, 1.807) is 0 Å². The number of carbonyl (C=O) groups is 1. The maximum Gasteiger partial charge on any atom is 0.345 e. The van der Waals surface area contributed by atoms with Crippen LogP contribution in [0.4, 0.5) is 0 Å². The van der Waals surface area contributed by atoms with Crippen molar-refractivity contribution in [1.82, 2.24) is 0 Å². The third-order valence-corrected chi connectivity index (χ3v) is 3.48. The Morgan fingerprint density at radius 1 is 1.35 bits per heavy atom. The van der Waals surface area contributed by atoms with Crippen LogP contribution in [0.5, 0.6) is 5.75 Å². The molecule has 1 aliphatic rings. The molecule has 0 bridgehead atoms. The van der Waals surface area contributed by atoms with Crippen LogP contribution in [0.15, 0.2) is 34.8 Å². The average molecular weight is 293 g/mol. The molecule has 0 radical (unpaired) electrons. The molecule has 0 aliphatic carbocycles. The zero-order chi connectivity index (χ0) is 12.0. The molecule has 17 heavy (non-hydrogen) atoms. The Bertz CT molecular complexity index is 621. The molecule has 0 saturated heterocycles. The van der Waals surface area contributed by atoms with Gasteiger partial charge >= 0.3 is 5.97 Å². The summed E-state index contributed by atoms with van der Waals surface area (Å²) in [6.45, 7) is 0. The second kappa shape index (κ2) is 3.74. The summed E-state index contributed by atoms with van der Waals surface area (Å²) in [5.74, 6) is -0.223. The zero-order valence-electron chi connectivity index (χ0n) is 8.81. The van der Waals surface area contributed by atoms with Gasteiger partial charge in [-0.25, -0.2) is 4.79 Å². The van der Waals surface area contributed by atoms with Crippen molar-refractivity contribution >= 4 is 32.7 Å². The van der Waals surface area contributed by atoms with Crippen molar-refractivity contribution in [2.45, 2.75) is 12.5 Å². The predicted octanol–water partition coefficient (Wildman–Crippen LogP) is 2.99. The molecule has 0 fully saturated rings. The van der Waals surface area contributed by atoms with Crippen molar-refractivity contribution in [2.75, 3.05) is 0 Å². The van der Waals surface area contributed by atoms with Crippen LogP contribution < -0.4 is 4.74 Å². The van der Waals surface area contributed by atoms with Crippen molar-refractivity contribution in [1.29, 1.82) is 0 Å². The van der Waals surface area contributed by atoms with Crippen LogP contribution in [0.1, 0.15) is 5.56 Å². The lowest BCUT2D eigenvalue weighted by Crippen LogP contribution is -2.24. The smallest absolute Gasteiger partial charge is 0.345 e. The molecule has 3 rings (SSSR count). The first-order valence-corrected chi connectivity index (χ1v) is 6.05. The predicted molar refractivity (Wildman–Crippen MR) is 67.4 cm³/mol. The fourth-order valence-electron chi connectivity index (χ4n) is 2.18. The number of hydrogen-bond acceptors (Lipinski definition) is 2. The van der Waals surface area contributed by atoms with Gasteiger partial charge in [0, 0.05) is 16.5 Å². The largest absolute Gasteiger partial charge is 0.478 e. The first-order valence-electron chi connectivity index (χ1n) is 5.26. The van der Waals surface area contributed by atoms with Gasteiger partial charge in [-0.1, -0.05) is 28.1 Å². The van der Waals surface area contributed by atoms with Gasteiger partial charge in [0.1, 0.15) is 5.75 Å². The summed E-state index contributed by atoms with van der Waals surface area (Å²) in [7, 11) is 0. The highest BCUT2D eigenvalue weighted by Crippen LogP contribution is 2.35. The maximum atomic E-state index is 10.9. The van der Waals surface area contributed by atoms with E-state index in [0.717, 1.165) is 20.8 Å². The molecule has 0 unspecified atom stereocenters. The minimum absolute atomic E-state index is 0.434. The van der Waals surface area contributed by atoms with E-state index in [9.17, 15) is 4.79 Å². The third kappa shape index (κ3) is 1.69. The quantitative estimate of drug-likeness (QED) is 0.879. The van der Waals surface area contributed by atoms with Crippen molar-refractivity contribution in [3.05, 3.63) is 40.4 Å². The highest BCUT2D eigenvalue weighted by molar-refractivity contribution is 9.10. The highest BCUT2D eigenvalue weighted by atomic mass is 79.9. The summed E-state index contributed by atoms with van der Waals surface area (Å²) in [6, 6.07) is 9.75. The van der Waals surface area contributed by atoms with E-state index >= 15 is 0 Å². The number of rotatable bonds is 1. The second-order valence-corrected chi connectivity index (χ2v) is 4.97. The molecule has 0 amide bonds. The van der Waals surface area contributed by atoms with E-state index in [-0.39, 0.29) is 0 Å². The molecule has 86 valence electrons. The number of carboxylic acid groups (broad SMARTS) is 1. The lowest BCUT2D eigenvalue weighted by molar-refractivity contribution is -0.144. The SMILES string of the molecule is O=C(O)[C@H]1Cc2c(ccc3cc(Br)ccc23)O1. The van der Waals surface area contributed by atoms with E-state index in [0.29, 0.717) is 12.2 Å². The molecule has 1 aliphatic heterocycles. The molecule has 1 atom stereocenters. The first-order chi connectivity index (χ1) is 8.15. The summed E-state index contributed by atoms with van der Waals surface area (Å²) in [5.41, 5.74) is 0.988. The average Bonchev–Trinajstić information content (AvgIpc) is 2.72. The number of fused-ring (bicyclic) bond motifs is 3. The van der Waals surface area contributed by atoms with E-state index < -0.39 is 12.1 Å². The fourth-order valence-corrected chi connectivity index (χ4v) is 2.56. The lowest BCUT2D eigenvalue weighted by Gasteiger charge is -2.04. The molecule has 2 aromatic carbocycles. The Labute approximate surface area is 106 Å². The normalized spacial score (nSPS) is 17.8. The summed E-state index contributed by atoms with van der Waals surface area (Å²) in [6.07, 6.45) is -0.317. The monoisotopic (exact) mass is 292 g/mol. The van der Waals surface area contributed by atoms with Gasteiger partial charge < -0.3 is 9.84 Å². The van der Waals surface area contributed by atoms with Crippen LogP contribution in [0.3, 0.4) is 0 Å². The van der Waals surface area contributed by atoms with E-state index in [2.05, 4.69) is 15.9 Å². The van der Waals surface area contributed by atoms with E-state index in [4.69, 9.17) is 9.84 Å². The molecule has 0 saturated carbocycles. The molecule has 2 aromatic rings. The Hall–Kier alpha value is -1.55. The molecule has 0 aromatic heterocycles. The van der Waals surface area contributed by atoms with Crippen molar-refractivity contribution in [2.24, 2.45) is 0 Å². The third-order valence-electron chi connectivity index (χ3n) is 2.98. The zero-order valence-corrected chi connectivity index (χ0v) is 10.4. The van der Waals surface area contributed by atoms with Crippen LogP contribution in [-0.2, 0) is 11.2 Å². The van der Waals surface area contributed by atoms with Crippen molar-refractivity contribution in [3.63, 3.8) is 0 Å². The van der Waals surface area contributed by atoms with Crippen molar-refractivity contribution in [3.8, 4) is 5.75 Å². The Kier molecular flexibility index (Phi) is 2.33. The molecule has 1 heterocycles. The van der Waals surface area contributed by atoms with Gasteiger partial charge in [-0.15, -0.1) is 0 Å². The topological polar surface area (TPSA) is 46.5 Å². The van der Waals surface area contributed by atoms with E-state index in [1.807, 2.05) is 30.3 Å². The Balaban J connectivity index is 2.17. The van der Waals surface area contributed by atoms with Crippen LogP contribution in [-0.4, -0.2) is 17.2 Å². The van der Waals surface area contributed by atoms with Crippen LogP contribution >= 0.6 is 15.9 Å². The molecular formula is C13H9BrO3. The summed E-state index contributed by atoms with van der Waals surface area (Å²) >= 11 is 3.42. The van der Waals surface area contributed by atoms with Gasteiger partial charge in [-0.05, 0) is 29.0 Å². The standard InChI is InChI=1S/C13H9BrO3/c14-8-2-3-9-7(5-8)1-4-11-10(9)6-12(17-11)13(15)16/h1-5,12H,6H2,(H,15,16)/t12-/m1/s1. The Morgan fingerprint density at radius 2 is 2.18 bits per heavy atom.